The van der Waals surface area contributed by atoms with E-state index in [1.54, 1.807) is 37.3 Å². The molecule has 1 heterocycles. The van der Waals surface area contributed by atoms with Crippen LogP contribution in [0.4, 0.5) is 4.79 Å². The first-order chi connectivity index (χ1) is 12.0. The van der Waals surface area contributed by atoms with E-state index in [-0.39, 0.29) is 5.56 Å². The summed E-state index contributed by atoms with van der Waals surface area (Å²) < 4.78 is 10.4. The molecule has 0 aliphatic rings. The third-order valence-corrected chi connectivity index (χ3v) is 3.50. The zero-order valence-corrected chi connectivity index (χ0v) is 14.2. The second kappa shape index (κ2) is 8.09. The van der Waals surface area contributed by atoms with Crippen molar-refractivity contribution in [1.82, 2.24) is 15.8 Å². The first-order valence-corrected chi connectivity index (χ1v) is 7.71. The molecule has 0 radical (unpaired) electrons. The van der Waals surface area contributed by atoms with Gasteiger partial charge in [0.2, 0.25) is 6.10 Å². The molecule has 2 rings (SSSR count). The smallest absolute Gasteiger partial charge is 0.344 e. The number of carbonyl (C=O) groups excluding carboxylic acids is 3. The van der Waals surface area contributed by atoms with Crippen LogP contribution in [0, 0.1) is 6.92 Å². The molecule has 1 aromatic carbocycles. The highest BCUT2D eigenvalue weighted by Crippen LogP contribution is 2.22. The van der Waals surface area contributed by atoms with E-state index in [1.807, 2.05) is 6.92 Å². The molecule has 1 atom stereocenters. The van der Waals surface area contributed by atoms with Crippen molar-refractivity contribution >= 4 is 17.9 Å². The number of amides is 3. The van der Waals surface area contributed by atoms with Crippen molar-refractivity contribution in [1.29, 1.82) is 0 Å². The molecule has 0 aliphatic carbocycles. The highest BCUT2D eigenvalue weighted by atomic mass is 16.6. The van der Waals surface area contributed by atoms with Crippen LogP contribution in [0.5, 0.6) is 0 Å². The van der Waals surface area contributed by atoms with Gasteiger partial charge in [-0.1, -0.05) is 42.4 Å². The Bertz CT molecular complexity index is 770. The summed E-state index contributed by atoms with van der Waals surface area (Å²) >= 11 is 0. The molecule has 8 nitrogen and oxygen atoms in total. The largest absolute Gasteiger partial charge is 0.444 e. The molecule has 3 amide bonds. The predicted octanol–water partition coefficient (Wildman–Crippen LogP) is 1.90. The maximum absolute atomic E-state index is 12.5. The summed E-state index contributed by atoms with van der Waals surface area (Å²) in [7, 11) is 1.38. The number of nitrogens with zero attached hydrogens (tertiary/aromatic N) is 1. The van der Waals surface area contributed by atoms with Crippen LogP contribution in [0.15, 0.2) is 34.9 Å². The Kier molecular flexibility index (Phi) is 5.89. The third-order valence-electron chi connectivity index (χ3n) is 3.50. The van der Waals surface area contributed by atoms with E-state index in [0.29, 0.717) is 23.4 Å². The van der Waals surface area contributed by atoms with Gasteiger partial charge in [0.05, 0.1) is 5.69 Å². The summed E-state index contributed by atoms with van der Waals surface area (Å²) in [6, 6.07) is 7.72. The fourth-order valence-corrected chi connectivity index (χ4v) is 2.23. The third kappa shape index (κ3) is 4.23. The number of hydrogen-bond acceptors (Lipinski definition) is 6. The quantitative estimate of drug-likeness (QED) is 0.801. The number of benzene rings is 1. The summed E-state index contributed by atoms with van der Waals surface area (Å²) in [5.74, 6) is -1.19. The van der Waals surface area contributed by atoms with Gasteiger partial charge >= 0.3 is 12.0 Å². The number of imide groups is 1. The van der Waals surface area contributed by atoms with Crippen molar-refractivity contribution in [3.63, 3.8) is 0 Å². The minimum atomic E-state index is -1.29. The molecule has 2 aromatic rings. The number of rotatable bonds is 5. The minimum Gasteiger partial charge on any atom is -0.444 e. The van der Waals surface area contributed by atoms with Crippen LogP contribution < -0.4 is 10.6 Å². The highest BCUT2D eigenvalue weighted by Gasteiger charge is 2.29. The van der Waals surface area contributed by atoms with Gasteiger partial charge in [-0.05, 0) is 13.3 Å². The van der Waals surface area contributed by atoms with E-state index >= 15 is 0 Å². The van der Waals surface area contributed by atoms with Crippen LogP contribution in [0.3, 0.4) is 0 Å². The molecule has 8 heteroatoms. The summed E-state index contributed by atoms with van der Waals surface area (Å²) in [5, 5.41) is 8.19. The number of urea groups is 1. The summed E-state index contributed by atoms with van der Waals surface area (Å²) in [6.45, 7) is 3.41. The minimum absolute atomic E-state index is 0.191. The molecule has 1 aromatic heterocycles. The van der Waals surface area contributed by atoms with Gasteiger partial charge in [-0.25, -0.2) is 9.59 Å². The SMILES string of the molecule is CCc1noc(C)c1C(=O)O[C@@H](C(=O)NC(=O)NC)c1ccccc1. The van der Waals surface area contributed by atoms with Crippen molar-refractivity contribution in [3.8, 4) is 0 Å². The molecule has 0 fully saturated rings. The van der Waals surface area contributed by atoms with Gasteiger partial charge in [0.25, 0.3) is 5.91 Å². The van der Waals surface area contributed by atoms with Crippen LogP contribution in [-0.4, -0.2) is 30.1 Å². The number of carbonyl (C=O) groups is 3. The number of aromatic nitrogens is 1. The van der Waals surface area contributed by atoms with Gasteiger partial charge in [-0.3, -0.25) is 10.1 Å². The Labute approximate surface area is 144 Å². The fourth-order valence-electron chi connectivity index (χ4n) is 2.23. The van der Waals surface area contributed by atoms with E-state index in [2.05, 4.69) is 15.8 Å². The van der Waals surface area contributed by atoms with Crippen molar-refractivity contribution in [2.75, 3.05) is 7.05 Å². The fraction of sp³-hybridized carbons (Fsp3) is 0.294. The lowest BCUT2D eigenvalue weighted by molar-refractivity contribution is -0.129. The average molecular weight is 345 g/mol. The number of ether oxygens (including phenoxy) is 1. The van der Waals surface area contributed by atoms with Gasteiger partial charge in [-0.15, -0.1) is 0 Å². The molecule has 0 bridgehead atoms. The Morgan fingerprint density at radius 3 is 2.52 bits per heavy atom. The zero-order chi connectivity index (χ0) is 18.4. The lowest BCUT2D eigenvalue weighted by atomic mass is 10.1. The zero-order valence-electron chi connectivity index (χ0n) is 14.2. The molecule has 0 aliphatic heterocycles. The van der Waals surface area contributed by atoms with Gasteiger partial charge in [0.15, 0.2) is 0 Å². The molecule has 0 spiro atoms. The Morgan fingerprint density at radius 2 is 1.92 bits per heavy atom. The van der Waals surface area contributed by atoms with E-state index in [1.165, 1.54) is 7.05 Å². The first-order valence-electron chi connectivity index (χ1n) is 7.71. The van der Waals surface area contributed by atoms with Gasteiger partial charge < -0.3 is 14.6 Å². The molecule has 25 heavy (non-hydrogen) atoms. The number of nitrogens with one attached hydrogen (secondary N) is 2. The number of aryl methyl sites for hydroxylation is 2. The van der Waals surface area contributed by atoms with E-state index < -0.39 is 24.0 Å². The summed E-state index contributed by atoms with van der Waals surface area (Å²) in [5.41, 5.74) is 1.07. The van der Waals surface area contributed by atoms with E-state index in [9.17, 15) is 14.4 Å². The number of esters is 1. The van der Waals surface area contributed by atoms with Gasteiger partial charge in [-0.2, -0.15) is 0 Å². The topological polar surface area (TPSA) is 111 Å². The van der Waals surface area contributed by atoms with Gasteiger partial charge in [0, 0.05) is 12.6 Å². The lowest BCUT2D eigenvalue weighted by Crippen LogP contribution is -2.41. The van der Waals surface area contributed by atoms with Crippen molar-refractivity contribution in [2.24, 2.45) is 0 Å². The molecular formula is C17H19N3O5. The standard InChI is InChI=1S/C17H19N3O5/c1-4-12-13(10(2)25-20-12)16(22)24-14(11-8-6-5-7-9-11)15(21)19-17(23)18-3/h5-9,14H,4H2,1-3H3,(H2,18,19,21,23)/t14-/m1/s1. The van der Waals surface area contributed by atoms with Gasteiger partial charge in [0.1, 0.15) is 11.3 Å². The maximum Gasteiger partial charge on any atom is 0.344 e. The van der Waals surface area contributed by atoms with E-state index in [0.717, 1.165) is 0 Å². The summed E-state index contributed by atoms with van der Waals surface area (Å²) in [4.78, 5) is 36.3. The predicted molar refractivity (Wildman–Crippen MR) is 87.8 cm³/mol. The van der Waals surface area contributed by atoms with Crippen LogP contribution in [-0.2, 0) is 16.0 Å². The molecule has 0 saturated heterocycles. The number of hydrogen-bond donors (Lipinski definition) is 2. The van der Waals surface area contributed by atoms with Crippen molar-refractivity contribution in [2.45, 2.75) is 26.4 Å². The first kappa shape index (κ1) is 18.2. The lowest BCUT2D eigenvalue weighted by Gasteiger charge is -2.17. The molecule has 0 saturated carbocycles. The normalized spacial score (nSPS) is 11.5. The van der Waals surface area contributed by atoms with Crippen LogP contribution in [0.1, 0.15) is 40.4 Å². The second-order valence-electron chi connectivity index (χ2n) is 5.18. The van der Waals surface area contributed by atoms with Crippen LogP contribution >= 0.6 is 0 Å². The van der Waals surface area contributed by atoms with E-state index in [4.69, 9.17) is 9.26 Å². The maximum atomic E-state index is 12.5. The second-order valence-corrected chi connectivity index (χ2v) is 5.18. The molecule has 0 unspecified atom stereocenters. The van der Waals surface area contributed by atoms with Crippen LogP contribution in [0.25, 0.3) is 0 Å². The Hall–Kier alpha value is -3.16. The molecule has 132 valence electrons. The average Bonchev–Trinajstić information content (AvgIpc) is 3.00. The van der Waals surface area contributed by atoms with Crippen molar-refractivity contribution < 1.29 is 23.6 Å². The summed E-state index contributed by atoms with van der Waals surface area (Å²) in [6.07, 6.45) is -0.813. The molecular weight excluding hydrogens is 326 g/mol. The Balaban J connectivity index is 2.30. The van der Waals surface area contributed by atoms with Crippen molar-refractivity contribution in [3.05, 3.63) is 52.9 Å². The highest BCUT2D eigenvalue weighted by molar-refractivity contribution is 5.99. The van der Waals surface area contributed by atoms with Crippen LogP contribution in [0.2, 0.25) is 0 Å². The molecule has 2 N–H and O–H groups in total. The monoisotopic (exact) mass is 345 g/mol. The Morgan fingerprint density at radius 1 is 1.24 bits per heavy atom.